The average molecular weight is 185 g/mol. The molecule has 1 amide bonds. The standard InChI is InChI=1S/C7H11N3O3/c11-5-4-9-7(10-5)8-3-1-2-6(12)13/h1-4H2,(H,12,13)(H2,8,9,10,11). The van der Waals surface area contributed by atoms with Crippen molar-refractivity contribution >= 4 is 17.8 Å². The van der Waals surface area contributed by atoms with Crippen molar-refractivity contribution in [1.82, 2.24) is 10.6 Å². The van der Waals surface area contributed by atoms with Crippen LogP contribution in [0.3, 0.4) is 0 Å². The largest absolute Gasteiger partial charge is 0.481 e. The Morgan fingerprint density at radius 2 is 2.46 bits per heavy atom. The van der Waals surface area contributed by atoms with Crippen LogP contribution in [0.5, 0.6) is 0 Å². The molecule has 0 aromatic rings. The lowest BCUT2D eigenvalue weighted by Gasteiger charge is -2.03. The lowest BCUT2D eigenvalue weighted by Crippen LogP contribution is -2.36. The van der Waals surface area contributed by atoms with E-state index in [1.807, 2.05) is 0 Å². The number of nitrogens with one attached hydrogen (secondary N) is 2. The van der Waals surface area contributed by atoms with E-state index in [-0.39, 0.29) is 18.9 Å². The van der Waals surface area contributed by atoms with Gasteiger partial charge >= 0.3 is 5.97 Å². The second-order valence-corrected chi connectivity index (χ2v) is 2.64. The Hall–Kier alpha value is -1.59. The molecule has 0 bridgehead atoms. The van der Waals surface area contributed by atoms with Gasteiger partial charge in [-0.1, -0.05) is 0 Å². The molecule has 1 aliphatic rings. The summed E-state index contributed by atoms with van der Waals surface area (Å²) in [6.45, 7) is 0.659. The summed E-state index contributed by atoms with van der Waals surface area (Å²) in [5, 5.41) is 13.6. The topological polar surface area (TPSA) is 90.8 Å². The molecule has 72 valence electrons. The Bertz CT molecular complexity index is 249. The molecule has 3 N–H and O–H groups in total. The van der Waals surface area contributed by atoms with E-state index in [1.54, 1.807) is 0 Å². The number of carbonyl (C=O) groups excluding carboxylic acids is 1. The average Bonchev–Trinajstić information content (AvgIpc) is 2.45. The van der Waals surface area contributed by atoms with Crippen molar-refractivity contribution in [2.45, 2.75) is 12.8 Å². The van der Waals surface area contributed by atoms with E-state index < -0.39 is 5.97 Å². The molecule has 0 spiro atoms. The third kappa shape index (κ3) is 3.55. The number of rotatable bonds is 4. The van der Waals surface area contributed by atoms with Gasteiger partial charge in [0.25, 0.3) is 0 Å². The fourth-order valence-electron chi connectivity index (χ4n) is 0.908. The van der Waals surface area contributed by atoms with Crippen LogP contribution < -0.4 is 10.6 Å². The van der Waals surface area contributed by atoms with Gasteiger partial charge in [0.15, 0.2) is 5.96 Å². The molecule has 13 heavy (non-hydrogen) atoms. The maximum absolute atomic E-state index is 10.6. The molecule has 0 radical (unpaired) electrons. The number of nitrogens with zero attached hydrogens (tertiary/aromatic N) is 1. The first-order valence-electron chi connectivity index (χ1n) is 3.98. The molecule has 0 atom stereocenters. The zero-order valence-corrected chi connectivity index (χ0v) is 7.04. The van der Waals surface area contributed by atoms with Crippen LogP contribution >= 0.6 is 0 Å². The van der Waals surface area contributed by atoms with Gasteiger partial charge in [-0.3, -0.25) is 14.9 Å². The number of aliphatic imine (C=N–C) groups is 1. The molecule has 0 saturated carbocycles. The van der Waals surface area contributed by atoms with Crippen LogP contribution in [0.1, 0.15) is 12.8 Å². The first kappa shape index (κ1) is 9.50. The quantitative estimate of drug-likeness (QED) is 0.486. The Balaban J connectivity index is 2.07. The van der Waals surface area contributed by atoms with E-state index in [1.165, 1.54) is 0 Å². The monoisotopic (exact) mass is 185 g/mol. The maximum atomic E-state index is 10.6. The summed E-state index contributed by atoms with van der Waals surface area (Å²) in [6, 6.07) is 0. The fraction of sp³-hybridized carbons (Fsp3) is 0.571. The Labute approximate surface area is 75.0 Å². The van der Waals surface area contributed by atoms with Gasteiger partial charge in [0.1, 0.15) is 6.54 Å². The predicted molar refractivity (Wildman–Crippen MR) is 45.3 cm³/mol. The molecule has 1 aliphatic heterocycles. The van der Waals surface area contributed by atoms with E-state index >= 15 is 0 Å². The molecule has 6 heteroatoms. The van der Waals surface area contributed by atoms with Crippen LogP contribution in [0.4, 0.5) is 0 Å². The van der Waals surface area contributed by atoms with Crippen LogP contribution in [-0.4, -0.2) is 36.0 Å². The van der Waals surface area contributed by atoms with Crippen molar-refractivity contribution in [1.29, 1.82) is 0 Å². The normalized spacial score (nSPS) is 15.1. The van der Waals surface area contributed by atoms with Gasteiger partial charge in [0.2, 0.25) is 5.91 Å². The van der Waals surface area contributed by atoms with E-state index in [0.29, 0.717) is 18.9 Å². The van der Waals surface area contributed by atoms with Crippen molar-refractivity contribution in [2.24, 2.45) is 4.99 Å². The number of aliphatic carboxylic acids is 1. The van der Waals surface area contributed by atoms with Crippen molar-refractivity contribution in [2.75, 3.05) is 13.1 Å². The SMILES string of the molecule is O=C(O)CCCNC1=NCC(=O)N1. The van der Waals surface area contributed by atoms with Crippen LogP contribution in [0, 0.1) is 0 Å². The van der Waals surface area contributed by atoms with Gasteiger partial charge in [-0.15, -0.1) is 0 Å². The van der Waals surface area contributed by atoms with E-state index in [4.69, 9.17) is 5.11 Å². The number of amides is 1. The first-order chi connectivity index (χ1) is 6.18. The minimum Gasteiger partial charge on any atom is -0.481 e. The van der Waals surface area contributed by atoms with E-state index in [9.17, 15) is 9.59 Å². The number of hydrogen-bond acceptors (Lipinski definition) is 4. The highest BCUT2D eigenvalue weighted by molar-refractivity contribution is 6.02. The molecule has 0 aromatic carbocycles. The van der Waals surface area contributed by atoms with Crippen molar-refractivity contribution in [3.05, 3.63) is 0 Å². The predicted octanol–water partition coefficient (Wildman–Crippen LogP) is -1.07. The number of carboxylic acids is 1. The molecule has 0 fully saturated rings. The highest BCUT2D eigenvalue weighted by Gasteiger charge is 2.11. The van der Waals surface area contributed by atoms with Crippen molar-refractivity contribution < 1.29 is 14.7 Å². The smallest absolute Gasteiger partial charge is 0.303 e. The second-order valence-electron chi connectivity index (χ2n) is 2.64. The van der Waals surface area contributed by atoms with Crippen LogP contribution in [-0.2, 0) is 9.59 Å². The van der Waals surface area contributed by atoms with Crippen LogP contribution in [0.25, 0.3) is 0 Å². The van der Waals surface area contributed by atoms with Gasteiger partial charge in [0.05, 0.1) is 0 Å². The minimum atomic E-state index is -0.820. The van der Waals surface area contributed by atoms with Gasteiger partial charge in [-0.2, -0.15) is 0 Å². The molecule has 0 aliphatic carbocycles. The summed E-state index contributed by atoms with van der Waals surface area (Å²) < 4.78 is 0. The molecular formula is C7H11N3O3. The van der Waals surface area contributed by atoms with E-state index in [2.05, 4.69) is 15.6 Å². The van der Waals surface area contributed by atoms with Gasteiger partial charge < -0.3 is 10.4 Å². The second kappa shape index (κ2) is 4.44. The summed E-state index contributed by atoms with van der Waals surface area (Å²) in [4.78, 5) is 24.6. The highest BCUT2D eigenvalue weighted by Crippen LogP contribution is 1.88. The molecule has 1 rings (SSSR count). The molecule has 0 saturated heterocycles. The summed E-state index contributed by atoms with van der Waals surface area (Å²) >= 11 is 0. The Morgan fingerprint density at radius 1 is 1.69 bits per heavy atom. The minimum absolute atomic E-state index is 0.119. The summed E-state index contributed by atoms with van der Waals surface area (Å²) in [5.41, 5.74) is 0. The summed E-state index contributed by atoms with van der Waals surface area (Å²) in [5.74, 6) is -0.518. The lowest BCUT2D eigenvalue weighted by atomic mass is 10.3. The summed E-state index contributed by atoms with van der Waals surface area (Å²) in [6.07, 6.45) is 0.637. The molecule has 6 nitrogen and oxygen atoms in total. The zero-order valence-electron chi connectivity index (χ0n) is 7.04. The van der Waals surface area contributed by atoms with Crippen LogP contribution in [0.15, 0.2) is 4.99 Å². The maximum Gasteiger partial charge on any atom is 0.303 e. The number of guanidine groups is 1. The van der Waals surface area contributed by atoms with Gasteiger partial charge in [0, 0.05) is 13.0 Å². The molecule has 1 heterocycles. The van der Waals surface area contributed by atoms with E-state index in [0.717, 1.165) is 0 Å². The van der Waals surface area contributed by atoms with Crippen molar-refractivity contribution in [3.63, 3.8) is 0 Å². The molecular weight excluding hydrogens is 174 g/mol. The zero-order chi connectivity index (χ0) is 9.68. The van der Waals surface area contributed by atoms with Crippen LogP contribution in [0.2, 0.25) is 0 Å². The Morgan fingerprint density at radius 3 is 3.00 bits per heavy atom. The summed E-state index contributed by atoms with van der Waals surface area (Å²) in [7, 11) is 0. The number of hydrogen-bond donors (Lipinski definition) is 3. The van der Waals surface area contributed by atoms with Crippen molar-refractivity contribution in [3.8, 4) is 0 Å². The molecule has 0 unspecified atom stereocenters. The first-order valence-corrected chi connectivity index (χ1v) is 3.98. The number of carbonyl (C=O) groups is 2. The van der Waals surface area contributed by atoms with Gasteiger partial charge in [-0.05, 0) is 6.42 Å². The third-order valence-corrected chi connectivity index (χ3v) is 1.50. The fourth-order valence-corrected chi connectivity index (χ4v) is 0.908. The lowest BCUT2D eigenvalue weighted by molar-refractivity contribution is -0.137. The highest BCUT2D eigenvalue weighted by atomic mass is 16.4. The van der Waals surface area contributed by atoms with Gasteiger partial charge in [-0.25, -0.2) is 4.99 Å². The number of carboxylic acid groups (broad SMARTS) is 1. The molecule has 0 aromatic heterocycles. The Kier molecular flexibility index (Phi) is 3.24. The third-order valence-electron chi connectivity index (χ3n) is 1.50.